The molecule has 1 fully saturated rings. The number of furan rings is 1. The summed E-state index contributed by atoms with van der Waals surface area (Å²) in [5.74, 6) is -1.15. The number of likely N-dealkylation sites (tertiary alicyclic amines) is 1. The number of aliphatic hydroxyl groups is 1. The summed E-state index contributed by atoms with van der Waals surface area (Å²) in [6.45, 7) is 0.219. The Morgan fingerprint density at radius 1 is 1.28 bits per heavy atom. The Kier molecular flexibility index (Phi) is 5.17. The van der Waals surface area contributed by atoms with Crippen molar-refractivity contribution < 1.29 is 23.8 Å². The van der Waals surface area contributed by atoms with Crippen molar-refractivity contribution in [2.45, 2.75) is 12.6 Å². The van der Waals surface area contributed by atoms with Gasteiger partial charge < -0.3 is 19.2 Å². The van der Waals surface area contributed by atoms with Crippen LogP contribution < -0.4 is 4.74 Å². The first-order chi connectivity index (χ1) is 14.0. The van der Waals surface area contributed by atoms with Gasteiger partial charge in [0.25, 0.3) is 11.7 Å². The highest BCUT2D eigenvalue weighted by Gasteiger charge is 2.47. The number of nitrogens with zero attached hydrogens (tertiary/aromatic N) is 1. The SMILES string of the molecule is COc1ccc(Cl)cc1/C(O)=C1/C(=O)C(=O)N(Cc2cccs2)C1c1ccco1. The number of hydrogen-bond donors (Lipinski definition) is 1. The molecular formula is C21H16ClNO5S. The molecule has 0 saturated carbocycles. The minimum absolute atomic E-state index is 0.0675. The molecule has 148 valence electrons. The molecule has 3 aromatic rings. The molecule has 4 rings (SSSR count). The Morgan fingerprint density at radius 2 is 2.10 bits per heavy atom. The van der Waals surface area contributed by atoms with Crippen LogP contribution in [0.1, 0.15) is 22.2 Å². The lowest BCUT2D eigenvalue weighted by molar-refractivity contribution is -0.140. The van der Waals surface area contributed by atoms with E-state index in [0.29, 0.717) is 16.5 Å². The maximum absolute atomic E-state index is 12.9. The number of carbonyl (C=O) groups is 2. The van der Waals surface area contributed by atoms with Crippen LogP contribution in [0.2, 0.25) is 5.02 Å². The number of methoxy groups -OCH3 is 1. The molecule has 1 aliphatic heterocycles. The molecule has 1 unspecified atom stereocenters. The molecule has 3 heterocycles. The van der Waals surface area contributed by atoms with E-state index in [2.05, 4.69) is 0 Å². The van der Waals surface area contributed by atoms with E-state index in [9.17, 15) is 14.7 Å². The Hall–Kier alpha value is -3.03. The van der Waals surface area contributed by atoms with E-state index in [-0.39, 0.29) is 23.4 Å². The van der Waals surface area contributed by atoms with E-state index in [4.69, 9.17) is 20.8 Å². The zero-order chi connectivity index (χ0) is 20.5. The standard InChI is InChI=1S/C21H16ClNO5S/c1-27-15-7-6-12(22)10-14(15)19(24)17-18(16-5-2-8-28-16)23(21(26)20(17)25)11-13-4-3-9-29-13/h2-10,18,24H,11H2,1H3/b19-17-. The van der Waals surface area contributed by atoms with Gasteiger partial charge in [0.1, 0.15) is 23.3 Å². The van der Waals surface area contributed by atoms with Crippen molar-refractivity contribution in [3.8, 4) is 5.75 Å². The quantitative estimate of drug-likeness (QED) is 0.363. The van der Waals surface area contributed by atoms with Crippen molar-refractivity contribution in [1.29, 1.82) is 0 Å². The lowest BCUT2D eigenvalue weighted by Gasteiger charge is -2.22. The van der Waals surface area contributed by atoms with Crippen LogP contribution in [-0.2, 0) is 16.1 Å². The second kappa shape index (κ2) is 7.77. The number of benzene rings is 1. The Morgan fingerprint density at radius 3 is 2.76 bits per heavy atom. The molecule has 0 bridgehead atoms. The topological polar surface area (TPSA) is 80.0 Å². The molecule has 1 aliphatic rings. The van der Waals surface area contributed by atoms with Crippen LogP contribution in [0, 0.1) is 0 Å². The molecule has 2 aromatic heterocycles. The zero-order valence-corrected chi connectivity index (χ0v) is 16.9. The lowest BCUT2D eigenvalue weighted by atomic mass is 9.99. The molecular weight excluding hydrogens is 414 g/mol. The minimum Gasteiger partial charge on any atom is -0.507 e. The molecule has 6 nitrogen and oxygen atoms in total. The maximum Gasteiger partial charge on any atom is 0.296 e. The number of hydrogen-bond acceptors (Lipinski definition) is 6. The number of rotatable bonds is 5. The van der Waals surface area contributed by atoms with E-state index in [1.165, 1.54) is 35.7 Å². The van der Waals surface area contributed by atoms with Gasteiger partial charge in [0, 0.05) is 9.90 Å². The smallest absolute Gasteiger partial charge is 0.296 e. The summed E-state index contributed by atoms with van der Waals surface area (Å²) in [6.07, 6.45) is 1.46. The van der Waals surface area contributed by atoms with Gasteiger partial charge in [0.2, 0.25) is 0 Å². The van der Waals surface area contributed by atoms with Gasteiger partial charge >= 0.3 is 0 Å². The van der Waals surface area contributed by atoms with Crippen LogP contribution in [0.5, 0.6) is 5.75 Å². The van der Waals surface area contributed by atoms with Gasteiger partial charge in [0.15, 0.2) is 0 Å². The second-order valence-electron chi connectivity index (χ2n) is 6.37. The van der Waals surface area contributed by atoms with E-state index in [0.717, 1.165) is 4.88 Å². The van der Waals surface area contributed by atoms with Crippen LogP contribution in [0.25, 0.3) is 5.76 Å². The summed E-state index contributed by atoms with van der Waals surface area (Å²) in [4.78, 5) is 28.1. The number of aliphatic hydroxyl groups excluding tert-OH is 1. The van der Waals surface area contributed by atoms with Crippen molar-refractivity contribution >= 4 is 40.4 Å². The van der Waals surface area contributed by atoms with Crippen LogP contribution in [0.4, 0.5) is 0 Å². The molecule has 0 aliphatic carbocycles. The van der Waals surface area contributed by atoms with E-state index < -0.39 is 17.7 Å². The Labute approximate surface area is 175 Å². The van der Waals surface area contributed by atoms with Crippen molar-refractivity contribution in [2.24, 2.45) is 0 Å². The Bertz CT molecular complexity index is 1090. The van der Waals surface area contributed by atoms with Gasteiger partial charge in [-0.05, 0) is 41.8 Å². The number of ether oxygens (including phenoxy) is 1. The van der Waals surface area contributed by atoms with Crippen LogP contribution in [0.3, 0.4) is 0 Å². The average molecular weight is 430 g/mol. The first-order valence-electron chi connectivity index (χ1n) is 8.69. The van der Waals surface area contributed by atoms with Crippen LogP contribution >= 0.6 is 22.9 Å². The number of thiophene rings is 1. The summed E-state index contributed by atoms with van der Waals surface area (Å²) < 4.78 is 10.8. The fourth-order valence-corrected chi connectivity index (χ4v) is 4.24. The van der Waals surface area contributed by atoms with Crippen LogP contribution in [0.15, 0.2) is 64.1 Å². The third-order valence-corrected chi connectivity index (χ3v) is 5.77. The first-order valence-corrected chi connectivity index (χ1v) is 9.95. The summed E-state index contributed by atoms with van der Waals surface area (Å²) in [6, 6.07) is 10.9. The van der Waals surface area contributed by atoms with Gasteiger partial charge in [-0.3, -0.25) is 9.59 Å². The summed E-state index contributed by atoms with van der Waals surface area (Å²) >= 11 is 7.55. The Balaban J connectivity index is 1.89. The highest BCUT2D eigenvalue weighted by atomic mass is 35.5. The predicted molar refractivity (Wildman–Crippen MR) is 109 cm³/mol. The average Bonchev–Trinajstić information content (AvgIpc) is 3.46. The number of amides is 1. The van der Waals surface area contributed by atoms with Gasteiger partial charge in [-0.2, -0.15) is 0 Å². The molecule has 8 heteroatoms. The summed E-state index contributed by atoms with van der Waals surface area (Å²) in [7, 11) is 1.44. The fourth-order valence-electron chi connectivity index (χ4n) is 3.37. The summed E-state index contributed by atoms with van der Waals surface area (Å²) in [5, 5.41) is 13.3. The van der Waals surface area contributed by atoms with Gasteiger partial charge in [0.05, 0.1) is 31.1 Å². The van der Waals surface area contributed by atoms with E-state index in [1.54, 1.807) is 24.3 Å². The molecule has 0 spiro atoms. The lowest BCUT2D eigenvalue weighted by Crippen LogP contribution is -2.28. The second-order valence-corrected chi connectivity index (χ2v) is 7.84. The minimum atomic E-state index is -0.865. The molecule has 1 aromatic carbocycles. The van der Waals surface area contributed by atoms with Crippen molar-refractivity contribution in [1.82, 2.24) is 4.90 Å². The monoisotopic (exact) mass is 429 g/mol. The number of carbonyl (C=O) groups excluding carboxylic acids is 2. The fraction of sp³-hybridized carbons (Fsp3) is 0.143. The van der Waals surface area contributed by atoms with Gasteiger partial charge in [-0.1, -0.05) is 17.7 Å². The molecule has 0 radical (unpaired) electrons. The molecule has 1 atom stereocenters. The predicted octanol–water partition coefficient (Wildman–Crippen LogP) is 4.63. The summed E-state index contributed by atoms with van der Waals surface area (Å²) in [5.41, 5.74) is 0.160. The highest BCUT2D eigenvalue weighted by Crippen LogP contribution is 2.42. The van der Waals surface area contributed by atoms with Gasteiger partial charge in [-0.15, -0.1) is 11.3 Å². The van der Waals surface area contributed by atoms with Crippen molar-refractivity contribution in [3.63, 3.8) is 0 Å². The number of ketones is 1. The van der Waals surface area contributed by atoms with Crippen molar-refractivity contribution in [3.05, 3.63) is 80.9 Å². The molecule has 1 N–H and O–H groups in total. The normalized spacial score (nSPS) is 18.4. The first kappa shape index (κ1) is 19.3. The molecule has 1 saturated heterocycles. The molecule has 29 heavy (non-hydrogen) atoms. The molecule has 1 amide bonds. The number of halogens is 1. The largest absolute Gasteiger partial charge is 0.507 e. The zero-order valence-electron chi connectivity index (χ0n) is 15.3. The van der Waals surface area contributed by atoms with Gasteiger partial charge in [-0.25, -0.2) is 0 Å². The third kappa shape index (κ3) is 3.43. The highest BCUT2D eigenvalue weighted by molar-refractivity contribution is 7.09. The third-order valence-electron chi connectivity index (χ3n) is 4.68. The van der Waals surface area contributed by atoms with E-state index in [1.807, 2.05) is 17.5 Å². The number of Topliss-reactive ketones (excluding diaryl/α,β-unsaturated/α-hetero) is 1. The van der Waals surface area contributed by atoms with Crippen LogP contribution in [-0.4, -0.2) is 28.8 Å². The maximum atomic E-state index is 12.9. The van der Waals surface area contributed by atoms with Crippen molar-refractivity contribution in [2.75, 3.05) is 7.11 Å². The van der Waals surface area contributed by atoms with E-state index >= 15 is 0 Å².